The monoisotopic (exact) mass is 469 g/mol. The molecule has 140 valence electrons. The van der Waals surface area contributed by atoms with Gasteiger partial charge in [0.15, 0.2) is 11.8 Å². The van der Waals surface area contributed by atoms with Crippen LogP contribution in [0.3, 0.4) is 0 Å². The lowest BCUT2D eigenvalue weighted by molar-refractivity contribution is 0.372. The van der Waals surface area contributed by atoms with Gasteiger partial charge in [-0.1, -0.05) is 23.4 Å². The summed E-state index contributed by atoms with van der Waals surface area (Å²) in [7, 11) is 1.75. The van der Waals surface area contributed by atoms with Crippen molar-refractivity contribution in [3.05, 3.63) is 47.3 Å². The number of aromatic nitrogens is 2. The van der Waals surface area contributed by atoms with Crippen molar-refractivity contribution in [1.29, 1.82) is 0 Å². The first kappa shape index (κ1) is 20.2. The summed E-state index contributed by atoms with van der Waals surface area (Å²) in [5, 5.41) is 11.5. The van der Waals surface area contributed by atoms with Crippen molar-refractivity contribution in [2.45, 2.75) is 33.2 Å². The lowest BCUT2D eigenvalue weighted by Gasteiger charge is -2.10. The Morgan fingerprint density at radius 1 is 1.19 bits per heavy atom. The summed E-state index contributed by atoms with van der Waals surface area (Å²) in [4.78, 5) is 8.43. The molecule has 8 heteroatoms. The standard InChI is InChI=1S/C18H23N5O2.HI/c1-12-14-7-4-5-8-15(14)24-16(12)11-21-18(19-3)20-10-6-9-17-22-13(2)23-25-17;/h4-5,7-8H,6,9-11H2,1-3H3,(H2,19,20,21);1H. The van der Waals surface area contributed by atoms with Crippen molar-refractivity contribution < 1.29 is 8.94 Å². The number of guanidine groups is 1. The number of benzene rings is 1. The Bertz CT molecular complexity index is 871. The van der Waals surface area contributed by atoms with Gasteiger partial charge in [0.2, 0.25) is 5.89 Å². The first-order valence-corrected chi connectivity index (χ1v) is 8.38. The molecule has 0 unspecified atom stereocenters. The van der Waals surface area contributed by atoms with E-state index >= 15 is 0 Å². The quantitative estimate of drug-likeness (QED) is 0.249. The number of fused-ring (bicyclic) bond motifs is 1. The van der Waals surface area contributed by atoms with Crippen molar-refractivity contribution in [2.75, 3.05) is 13.6 Å². The Morgan fingerprint density at radius 3 is 2.69 bits per heavy atom. The number of aliphatic imine (C=N–C) groups is 1. The fourth-order valence-corrected chi connectivity index (χ4v) is 2.67. The predicted molar refractivity (Wildman–Crippen MR) is 112 cm³/mol. The molecule has 1 aromatic carbocycles. The molecule has 3 aromatic rings. The summed E-state index contributed by atoms with van der Waals surface area (Å²) in [6, 6.07) is 8.06. The largest absolute Gasteiger partial charge is 0.459 e. The smallest absolute Gasteiger partial charge is 0.226 e. The third-order valence-corrected chi connectivity index (χ3v) is 4.01. The molecule has 2 aromatic heterocycles. The third kappa shape index (κ3) is 4.96. The second-order valence-electron chi connectivity index (χ2n) is 5.84. The normalized spacial score (nSPS) is 11.4. The molecule has 0 aliphatic carbocycles. The minimum absolute atomic E-state index is 0. The molecule has 0 amide bonds. The van der Waals surface area contributed by atoms with Crippen LogP contribution in [-0.4, -0.2) is 29.7 Å². The number of aryl methyl sites for hydroxylation is 3. The highest BCUT2D eigenvalue weighted by atomic mass is 127. The molecule has 2 N–H and O–H groups in total. The van der Waals surface area contributed by atoms with Crippen molar-refractivity contribution in [3.63, 3.8) is 0 Å². The first-order chi connectivity index (χ1) is 12.2. The second-order valence-corrected chi connectivity index (χ2v) is 5.84. The number of halogens is 1. The second kappa shape index (κ2) is 9.56. The molecule has 0 spiro atoms. The molecule has 0 radical (unpaired) electrons. The number of hydrogen-bond donors (Lipinski definition) is 2. The highest BCUT2D eigenvalue weighted by molar-refractivity contribution is 14.0. The van der Waals surface area contributed by atoms with Crippen LogP contribution in [0.4, 0.5) is 0 Å². The molecular weight excluding hydrogens is 445 g/mol. The highest BCUT2D eigenvalue weighted by Gasteiger charge is 2.10. The molecule has 0 atom stereocenters. The maximum Gasteiger partial charge on any atom is 0.226 e. The Balaban J connectivity index is 0.00000243. The van der Waals surface area contributed by atoms with Crippen LogP contribution in [0, 0.1) is 13.8 Å². The van der Waals surface area contributed by atoms with E-state index in [-0.39, 0.29) is 24.0 Å². The van der Waals surface area contributed by atoms with Crippen LogP contribution in [0.2, 0.25) is 0 Å². The molecular formula is C18H24IN5O2. The van der Waals surface area contributed by atoms with Gasteiger partial charge < -0.3 is 19.6 Å². The van der Waals surface area contributed by atoms with Crippen molar-refractivity contribution in [1.82, 2.24) is 20.8 Å². The van der Waals surface area contributed by atoms with E-state index in [1.807, 2.05) is 25.1 Å². The van der Waals surface area contributed by atoms with Gasteiger partial charge in [-0.05, 0) is 26.3 Å². The van der Waals surface area contributed by atoms with Crippen LogP contribution in [0.25, 0.3) is 11.0 Å². The Kier molecular flexibility index (Phi) is 7.43. The van der Waals surface area contributed by atoms with Gasteiger partial charge in [-0.3, -0.25) is 4.99 Å². The number of nitrogens with one attached hydrogen (secondary N) is 2. The molecule has 7 nitrogen and oxygen atoms in total. The van der Waals surface area contributed by atoms with E-state index in [4.69, 9.17) is 8.94 Å². The third-order valence-electron chi connectivity index (χ3n) is 4.01. The van der Waals surface area contributed by atoms with Crippen molar-refractivity contribution in [2.24, 2.45) is 4.99 Å². The molecule has 26 heavy (non-hydrogen) atoms. The topological polar surface area (TPSA) is 88.5 Å². The Morgan fingerprint density at radius 2 is 2.00 bits per heavy atom. The molecule has 2 heterocycles. The molecule has 0 aliphatic rings. The Labute approximate surface area is 169 Å². The van der Waals surface area contributed by atoms with Gasteiger partial charge in [-0.25, -0.2) is 0 Å². The minimum atomic E-state index is 0. The van der Waals surface area contributed by atoms with E-state index in [1.54, 1.807) is 7.05 Å². The van der Waals surface area contributed by atoms with E-state index in [0.717, 1.165) is 47.6 Å². The molecule has 0 saturated heterocycles. The molecule has 0 fully saturated rings. The average Bonchev–Trinajstić information content (AvgIpc) is 3.18. The van der Waals surface area contributed by atoms with Gasteiger partial charge in [-0.2, -0.15) is 4.98 Å². The number of nitrogens with zero attached hydrogens (tertiary/aromatic N) is 3. The van der Waals surface area contributed by atoms with E-state index < -0.39 is 0 Å². The minimum Gasteiger partial charge on any atom is -0.459 e. The van der Waals surface area contributed by atoms with Gasteiger partial charge in [-0.15, -0.1) is 24.0 Å². The summed E-state index contributed by atoms with van der Waals surface area (Å²) in [5.74, 6) is 2.99. The lowest BCUT2D eigenvalue weighted by atomic mass is 10.1. The fraction of sp³-hybridized carbons (Fsp3) is 0.389. The maximum absolute atomic E-state index is 5.91. The average molecular weight is 469 g/mol. The summed E-state index contributed by atoms with van der Waals surface area (Å²) in [6.07, 6.45) is 1.62. The van der Waals surface area contributed by atoms with E-state index in [9.17, 15) is 0 Å². The van der Waals surface area contributed by atoms with Crippen LogP contribution in [0.15, 0.2) is 38.2 Å². The van der Waals surface area contributed by atoms with Gasteiger partial charge in [0.25, 0.3) is 0 Å². The zero-order valence-corrected chi connectivity index (χ0v) is 17.5. The van der Waals surface area contributed by atoms with E-state index in [1.165, 1.54) is 0 Å². The van der Waals surface area contributed by atoms with Gasteiger partial charge in [0.1, 0.15) is 11.3 Å². The van der Waals surface area contributed by atoms with Crippen LogP contribution < -0.4 is 10.6 Å². The first-order valence-electron chi connectivity index (χ1n) is 8.38. The molecule has 0 aliphatic heterocycles. The van der Waals surface area contributed by atoms with Crippen LogP contribution >= 0.6 is 24.0 Å². The van der Waals surface area contributed by atoms with E-state index in [2.05, 4.69) is 38.8 Å². The van der Waals surface area contributed by atoms with Gasteiger partial charge in [0, 0.05) is 31.0 Å². The molecule has 3 rings (SSSR count). The molecule has 0 saturated carbocycles. The number of hydrogen-bond acceptors (Lipinski definition) is 5. The predicted octanol–water partition coefficient (Wildman–Crippen LogP) is 3.35. The highest BCUT2D eigenvalue weighted by Crippen LogP contribution is 2.24. The zero-order chi connectivity index (χ0) is 17.6. The maximum atomic E-state index is 5.91. The number of rotatable bonds is 6. The lowest BCUT2D eigenvalue weighted by Crippen LogP contribution is -2.37. The number of para-hydroxylation sites is 1. The fourth-order valence-electron chi connectivity index (χ4n) is 2.67. The summed E-state index contributed by atoms with van der Waals surface area (Å²) < 4.78 is 11.0. The van der Waals surface area contributed by atoms with Crippen molar-refractivity contribution in [3.8, 4) is 0 Å². The van der Waals surface area contributed by atoms with Crippen LogP contribution in [0.5, 0.6) is 0 Å². The van der Waals surface area contributed by atoms with E-state index in [0.29, 0.717) is 18.3 Å². The zero-order valence-electron chi connectivity index (χ0n) is 15.2. The van der Waals surface area contributed by atoms with Gasteiger partial charge >= 0.3 is 0 Å². The van der Waals surface area contributed by atoms with Crippen LogP contribution in [-0.2, 0) is 13.0 Å². The molecule has 0 bridgehead atoms. The SMILES string of the molecule is CN=C(NCCCc1nc(C)no1)NCc1oc2ccccc2c1C.I. The summed E-state index contributed by atoms with van der Waals surface area (Å²) in [5.41, 5.74) is 2.07. The van der Waals surface area contributed by atoms with Crippen LogP contribution in [0.1, 0.15) is 29.5 Å². The summed E-state index contributed by atoms with van der Waals surface area (Å²) in [6.45, 7) is 5.24. The number of furan rings is 1. The summed E-state index contributed by atoms with van der Waals surface area (Å²) >= 11 is 0. The van der Waals surface area contributed by atoms with Gasteiger partial charge in [0.05, 0.1) is 6.54 Å². The van der Waals surface area contributed by atoms with Crippen molar-refractivity contribution >= 4 is 40.9 Å². The Hall–Kier alpha value is -2.10.